The average molecular weight is 360 g/mol. The number of rotatable bonds is 4. The largest absolute Gasteiger partial charge is 0.508 e. The highest BCUT2D eigenvalue weighted by molar-refractivity contribution is 5.96. The summed E-state index contributed by atoms with van der Waals surface area (Å²) in [7, 11) is 0. The van der Waals surface area contributed by atoms with Crippen molar-refractivity contribution < 1.29 is 19.4 Å². The maximum absolute atomic E-state index is 12.8. The first-order valence-electron chi connectivity index (χ1n) is 9.44. The molecule has 6 heteroatoms. The lowest BCUT2D eigenvalue weighted by Gasteiger charge is -2.37. The zero-order chi connectivity index (χ0) is 18.9. The molecule has 0 aliphatic carbocycles. The van der Waals surface area contributed by atoms with Crippen molar-refractivity contribution in [3.63, 3.8) is 0 Å². The standard InChI is InChI=1S/C20H28N2O4/c1-4-6-14(2)22-13-20(26-19(22)25)9-11-21(12-10-20)18(24)16-7-5-8-17(23)15(16)3/h5,7-8,14,23H,4,6,9-13H2,1-3H3/t14-/m1/s1. The van der Waals surface area contributed by atoms with Crippen LogP contribution >= 0.6 is 0 Å². The van der Waals surface area contributed by atoms with Crippen molar-refractivity contribution >= 4 is 12.0 Å². The molecular formula is C20H28N2O4. The number of hydrogen-bond donors (Lipinski definition) is 1. The monoisotopic (exact) mass is 360 g/mol. The number of piperidine rings is 1. The molecule has 142 valence electrons. The Kier molecular flexibility index (Phi) is 5.12. The van der Waals surface area contributed by atoms with E-state index in [-0.39, 0.29) is 23.8 Å². The maximum atomic E-state index is 12.8. The summed E-state index contributed by atoms with van der Waals surface area (Å²) in [6.45, 7) is 7.64. The Labute approximate surface area is 154 Å². The smallest absolute Gasteiger partial charge is 0.410 e. The molecule has 1 N–H and O–H groups in total. The minimum Gasteiger partial charge on any atom is -0.508 e. The van der Waals surface area contributed by atoms with Crippen LogP contribution in [-0.4, -0.2) is 58.2 Å². The molecule has 2 aliphatic heterocycles. The number of ether oxygens (including phenoxy) is 1. The van der Waals surface area contributed by atoms with Crippen molar-refractivity contribution in [1.29, 1.82) is 0 Å². The Morgan fingerprint density at radius 3 is 2.69 bits per heavy atom. The van der Waals surface area contributed by atoms with Crippen molar-refractivity contribution in [2.75, 3.05) is 19.6 Å². The van der Waals surface area contributed by atoms with E-state index in [1.54, 1.807) is 30.0 Å². The number of benzene rings is 1. The van der Waals surface area contributed by atoms with Crippen LogP contribution in [0.4, 0.5) is 4.79 Å². The van der Waals surface area contributed by atoms with Gasteiger partial charge in [0.05, 0.1) is 6.54 Å². The molecule has 1 atom stereocenters. The summed E-state index contributed by atoms with van der Waals surface area (Å²) < 4.78 is 5.76. The molecule has 2 saturated heterocycles. The van der Waals surface area contributed by atoms with E-state index < -0.39 is 5.60 Å². The Morgan fingerprint density at radius 2 is 2.04 bits per heavy atom. The lowest BCUT2D eigenvalue weighted by molar-refractivity contribution is 0.00303. The predicted molar refractivity (Wildman–Crippen MR) is 98.3 cm³/mol. The van der Waals surface area contributed by atoms with Gasteiger partial charge in [-0.1, -0.05) is 19.4 Å². The van der Waals surface area contributed by atoms with E-state index in [0.717, 1.165) is 12.8 Å². The highest BCUT2D eigenvalue weighted by atomic mass is 16.6. The predicted octanol–water partition coefficient (Wildman–Crippen LogP) is 3.32. The number of aromatic hydroxyl groups is 1. The summed E-state index contributed by atoms with van der Waals surface area (Å²) in [4.78, 5) is 28.7. The van der Waals surface area contributed by atoms with Crippen molar-refractivity contribution in [2.24, 2.45) is 0 Å². The summed E-state index contributed by atoms with van der Waals surface area (Å²) in [5.41, 5.74) is 0.663. The highest BCUT2D eigenvalue weighted by Gasteiger charge is 2.48. The first kappa shape index (κ1) is 18.5. The third-order valence-electron chi connectivity index (χ3n) is 5.73. The normalized spacial score (nSPS) is 20.3. The minimum atomic E-state index is -0.469. The molecule has 1 spiro atoms. The molecule has 2 aliphatic rings. The fourth-order valence-electron chi connectivity index (χ4n) is 3.96. The fraction of sp³-hybridized carbons (Fsp3) is 0.600. The molecule has 26 heavy (non-hydrogen) atoms. The van der Waals surface area contributed by atoms with E-state index in [9.17, 15) is 14.7 Å². The summed E-state index contributed by atoms with van der Waals surface area (Å²) >= 11 is 0. The average Bonchev–Trinajstić information content (AvgIpc) is 2.94. The molecule has 0 bridgehead atoms. The van der Waals surface area contributed by atoms with Crippen LogP contribution in [0.3, 0.4) is 0 Å². The summed E-state index contributed by atoms with van der Waals surface area (Å²) in [6.07, 6.45) is 3.07. The van der Waals surface area contributed by atoms with E-state index in [1.165, 1.54) is 0 Å². The van der Waals surface area contributed by atoms with E-state index in [0.29, 0.717) is 43.6 Å². The van der Waals surface area contributed by atoms with Crippen molar-refractivity contribution in [3.05, 3.63) is 29.3 Å². The van der Waals surface area contributed by atoms with Gasteiger partial charge < -0.3 is 19.6 Å². The minimum absolute atomic E-state index is 0.0752. The zero-order valence-electron chi connectivity index (χ0n) is 15.8. The molecule has 1 aromatic carbocycles. The van der Waals surface area contributed by atoms with E-state index >= 15 is 0 Å². The van der Waals surface area contributed by atoms with Gasteiger partial charge in [-0.05, 0) is 32.4 Å². The molecule has 0 unspecified atom stereocenters. The number of carbonyl (C=O) groups excluding carboxylic acids is 2. The maximum Gasteiger partial charge on any atom is 0.410 e. The number of carbonyl (C=O) groups is 2. The van der Waals surface area contributed by atoms with Gasteiger partial charge in [-0.25, -0.2) is 4.79 Å². The first-order chi connectivity index (χ1) is 12.4. The van der Waals surface area contributed by atoms with Crippen LogP contribution < -0.4 is 0 Å². The second-order valence-electron chi connectivity index (χ2n) is 7.56. The molecule has 1 aromatic rings. The Bertz CT molecular complexity index is 695. The van der Waals surface area contributed by atoms with Crippen LogP contribution in [0.2, 0.25) is 0 Å². The lowest BCUT2D eigenvalue weighted by Crippen LogP contribution is -2.49. The third kappa shape index (κ3) is 3.37. The van der Waals surface area contributed by atoms with Gasteiger partial charge in [0, 0.05) is 43.1 Å². The Morgan fingerprint density at radius 1 is 1.35 bits per heavy atom. The van der Waals surface area contributed by atoms with Crippen molar-refractivity contribution in [2.45, 2.75) is 58.1 Å². The molecule has 6 nitrogen and oxygen atoms in total. The lowest BCUT2D eigenvalue weighted by atomic mass is 9.90. The molecule has 3 rings (SSSR count). The quantitative estimate of drug-likeness (QED) is 0.894. The van der Waals surface area contributed by atoms with Gasteiger partial charge in [0.25, 0.3) is 5.91 Å². The van der Waals surface area contributed by atoms with E-state index in [2.05, 4.69) is 13.8 Å². The van der Waals surface area contributed by atoms with Crippen LogP contribution in [0.5, 0.6) is 5.75 Å². The zero-order valence-corrected chi connectivity index (χ0v) is 15.8. The van der Waals surface area contributed by atoms with Gasteiger partial charge in [-0.2, -0.15) is 0 Å². The van der Waals surface area contributed by atoms with Crippen molar-refractivity contribution in [3.8, 4) is 5.75 Å². The number of nitrogens with zero attached hydrogens (tertiary/aromatic N) is 2. The fourth-order valence-corrected chi connectivity index (χ4v) is 3.96. The number of phenols is 1. The first-order valence-corrected chi connectivity index (χ1v) is 9.44. The van der Waals surface area contributed by atoms with Crippen LogP contribution in [0, 0.1) is 6.92 Å². The topological polar surface area (TPSA) is 70.1 Å². The number of likely N-dealkylation sites (tertiary alicyclic amines) is 1. The summed E-state index contributed by atoms with van der Waals surface area (Å²) in [5.74, 6) is 0.0587. The molecule has 2 amide bonds. The molecule has 0 saturated carbocycles. The second kappa shape index (κ2) is 7.17. The van der Waals surface area contributed by atoms with Crippen LogP contribution in [0.25, 0.3) is 0 Å². The summed E-state index contributed by atoms with van der Waals surface area (Å²) in [6, 6.07) is 5.20. The molecule has 0 radical (unpaired) electrons. The van der Waals surface area contributed by atoms with Crippen LogP contribution in [-0.2, 0) is 4.74 Å². The second-order valence-corrected chi connectivity index (χ2v) is 7.56. The Balaban J connectivity index is 1.65. The SMILES string of the molecule is CCC[C@@H](C)N1CC2(CCN(C(=O)c3cccc(O)c3C)CC2)OC1=O. The summed E-state index contributed by atoms with van der Waals surface area (Å²) in [5, 5.41) is 9.84. The van der Waals surface area contributed by atoms with E-state index in [1.807, 2.05) is 4.90 Å². The van der Waals surface area contributed by atoms with Gasteiger partial charge in [0.15, 0.2) is 0 Å². The molecule has 2 fully saturated rings. The third-order valence-corrected chi connectivity index (χ3v) is 5.73. The van der Waals surface area contributed by atoms with Gasteiger partial charge in [-0.3, -0.25) is 4.79 Å². The van der Waals surface area contributed by atoms with Gasteiger partial charge in [0.1, 0.15) is 11.4 Å². The van der Waals surface area contributed by atoms with Gasteiger partial charge >= 0.3 is 6.09 Å². The number of hydrogen-bond acceptors (Lipinski definition) is 4. The number of amides is 2. The molecule has 0 aromatic heterocycles. The van der Waals surface area contributed by atoms with Crippen molar-refractivity contribution in [1.82, 2.24) is 9.80 Å². The van der Waals surface area contributed by atoms with Crippen LogP contribution in [0.1, 0.15) is 55.5 Å². The molecule has 2 heterocycles. The van der Waals surface area contributed by atoms with Gasteiger partial charge in [0.2, 0.25) is 0 Å². The molecular weight excluding hydrogens is 332 g/mol. The Hall–Kier alpha value is -2.24. The van der Waals surface area contributed by atoms with Crippen LogP contribution in [0.15, 0.2) is 18.2 Å². The van der Waals surface area contributed by atoms with Gasteiger partial charge in [-0.15, -0.1) is 0 Å². The highest BCUT2D eigenvalue weighted by Crippen LogP contribution is 2.35. The number of phenolic OH excluding ortho intramolecular Hbond substituents is 1. The van der Waals surface area contributed by atoms with E-state index in [4.69, 9.17) is 4.74 Å².